The Hall–Kier alpha value is -1.90. The molecule has 8 heteroatoms. The Balaban J connectivity index is 2.09. The molecule has 0 amide bonds. The smallest absolute Gasteiger partial charge is 0.276 e. The number of rotatable bonds is 8. The molecule has 0 fully saturated rings. The van der Waals surface area contributed by atoms with Gasteiger partial charge in [-0.1, -0.05) is 6.92 Å². The number of ether oxygens (including phenoxy) is 1. The molecular formula is C15H21N3O4S. The van der Waals surface area contributed by atoms with Crippen molar-refractivity contribution in [1.29, 1.82) is 0 Å². The van der Waals surface area contributed by atoms with E-state index < -0.39 is 10.2 Å². The molecule has 23 heavy (non-hydrogen) atoms. The maximum absolute atomic E-state index is 12.1. The van der Waals surface area contributed by atoms with Gasteiger partial charge in [0.25, 0.3) is 15.8 Å². The number of nitrogens with one attached hydrogen (secondary N) is 3. The SMILES string of the molecule is CCCNS(=O)(=O)NCCc1cc2ccc(OC)cc2[nH]c1=O. The van der Waals surface area contributed by atoms with Gasteiger partial charge in [-0.3, -0.25) is 4.79 Å². The molecule has 7 nitrogen and oxygen atoms in total. The lowest BCUT2D eigenvalue weighted by Gasteiger charge is -2.08. The second-order valence-electron chi connectivity index (χ2n) is 5.12. The van der Waals surface area contributed by atoms with Crippen LogP contribution in [0, 0.1) is 0 Å². The molecule has 3 N–H and O–H groups in total. The Kier molecular flexibility index (Phi) is 5.75. The monoisotopic (exact) mass is 339 g/mol. The fourth-order valence-corrected chi connectivity index (χ4v) is 3.09. The highest BCUT2D eigenvalue weighted by atomic mass is 32.2. The summed E-state index contributed by atoms with van der Waals surface area (Å²) < 4.78 is 33.2. The van der Waals surface area contributed by atoms with Crippen molar-refractivity contribution >= 4 is 21.1 Å². The van der Waals surface area contributed by atoms with Crippen LogP contribution in [0.25, 0.3) is 10.9 Å². The van der Waals surface area contributed by atoms with Gasteiger partial charge in [-0.05, 0) is 36.4 Å². The highest BCUT2D eigenvalue weighted by Crippen LogP contribution is 2.18. The Morgan fingerprint density at radius 3 is 2.61 bits per heavy atom. The van der Waals surface area contributed by atoms with Crippen molar-refractivity contribution < 1.29 is 13.2 Å². The van der Waals surface area contributed by atoms with Crippen molar-refractivity contribution in [3.05, 3.63) is 40.2 Å². The number of aromatic amines is 1. The van der Waals surface area contributed by atoms with Crippen molar-refractivity contribution in [1.82, 2.24) is 14.4 Å². The summed E-state index contributed by atoms with van der Waals surface area (Å²) in [5.74, 6) is 0.663. The average molecular weight is 339 g/mol. The van der Waals surface area contributed by atoms with Gasteiger partial charge in [-0.15, -0.1) is 0 Å². The molecule has 0 bridgehead atoms. The lowest BCUT2D eigenvalue weighted by molar-refractivity contribution is 0.415. The number of fused-ring (bicyclic) bond motifs is 1. The first kappa shape index (κ1) is 17.5. The molecule has 0 aliphatic rings. The number of pyridine rings is 1. The summed E-state index contributed by atoms with van der Waals surface area (Å²) >= 11 is 0. The van der Waals surface area contributed by atoms with Crippen LogP contribution in [0.3, 0.4) is 0 Å². The van der Waals surface area contributed by atoms with Gasteiger partial charge in [-0.2, -0.15) is 8.42 Å². The minimum atomic E-state index is -3.51. The van der Waals surface area contributed by atoms with Gasteiger partial charge in [0.05, 0.1) is 12.6 Å². The summed E-state index contributed by atoms with van der Waals surface area (Å²) in [7, 11) is -1.95. The van der Waals surface area contributed by atoms with Crippen LogP contribution in [0.2, 0.25) is 0 Å². The normalized spacial score (nSPS) is 11.7. The number of benzene rings is 1. The van der Waals surface area contributed by atoms with Crippen LogP contribution in [0.1, 0.15) is 18.9 Å². The molecule has 0 saturated carbocycles. The van der Waals surface area contributed by atoms with E-state index in [-0.39, 0.29) is 12.1 Å². The van der Waals surface area contributed by atoms with Crippen molar-refractivity contribution in [2.24, 2.45) is 0 Å². The van der Waals surface area contributed by atoms with E-state index in [1.807, 2.05) is 19.1 Å². The minimum Gasteiger partial charge on any atom is -0.497 e. The zero-order valence-electron chi connectivity index (χ0n) is 13.2. The fourth-order valence-electron chi connectivity index (χ4n) is 2.15. The van der Waals surface area contributed by atoms with E-state index in [0.717, 1.165) is 5.39 Å². The molecule has 0 aliphatic carbocycles. The number of aromatic nitrogens is 1. The van der Waals surface area contributed by atoms with Gasteiger partial charge in [-0.25, -0.2) is 9.44 Å². The van der Waals surface area contributed by atoms with Crippen LogP contribution in [0.15, 0.2) is 29.1 Å². The van der Waals surface area contributed by atoms with Crippen LogP contribution in [0.5, 0.6) is 5.75 Å². The van der Waals surface area contributed by atoms with E-state index >= 15 is 0 Å². The zero-order chi connectivity index (χ0) is 16.9. The summed E-state index contributed by atoms with van der Waals surface area (Å²) in [6, 6.07) is 7.17. The van der Waals surface area contributed by atoms with E-state index in [2.05, 4.69) is 14.4 Å². The third kappa shape index (κ3) is 4.78. The summed E-state index contributed by atoms with van der Waals surface area (Å²) in [5.41, 5.74) is 0.982. The summed E-state index contributed by atoms with van der Waals surface area (Å²) in [6.45, 7) is 2.42. The highest BCUT2D eigenvalue weighted by molar-refractivity contribution is 7.87. The topological polar surface area (TPSA) is 100 Å². The van der Waals surface area contributed by atoms with E-state index in [4.69, 9.17) is 4.74 Å². The van der Waals surface area contributed by atoms with E-state index in [9.17, 15) is 13.2 Å². The lowest BCUT2D eigenvalue weighted by atomic mass is 10.1. The van der Waals surface area contributed by atoms with Gasteiger partial charge in [0, 0.05) is 24.7 Å². The Morgan fingerprint density at radius 2 is 1.91 bits per heavy atom. The molecule has 0 atom stereocenters. The number of hydrogen-bond donors (Lipinski definition) is 3. The first-order chi connectivity index (χ1) is 10.9. The standard InChI is InChI=1S/C15H21N3O4S/c1-3-7-16-23(20,21)17-8-6-12-9-11-4-5-13(22-2)10-14(11)18-15(12)19/h4-5,9-10,16-17H,3,6-8H2,1-2H3,(H,18,19). The Bertz CT molecular complexity index is 830. The molecule has 126 valence electrons. The first-order valence-electron chi connectivity index (χ1n) is 7.39. The molecule has 1 aromatic carbocycles. The predicted octanol–water partition coefficient (Wildman–Crippen LogP) is 0.913. The molecule has 0 aliphatic heterocycles. The third-order valence-corrected chi connectivity index (χ3v) is 4.53. The van der Waals surface area contributed by atoms with Gasteiger partial charge in [0.2, 0.25) is 0 Å². The van der Waals surface area contributed by atoms with Crippen LogP contribution in [-0.4, -0.2) is 33.6 Å². The van der Waals surface area contributed by atoms with Crippen LogP contribution >= 0.6 is 0 Å². The van der Waals surface area contributed by atoms with E-state index in [1.165, 1.54) is 0 Å². The molecule has 1 aromatic heterocycles. The number of hydrogen-bond acceptors (Lipinski definition) is 4. The average Bonchev–Trinajstić information content (AvgIpc) is 2.53. The Morgan fingerprint density at radius 1 is 1.17 bits per heavy atom. The minimum absolute atomic E-state index is 0.157. The fraction of sp³-hybridized carbons (Fsp3) is 0.400. The first-order valence-corrected chi connectivity index (χ1v) is 8.87. The molecule has 2 aromatic rings. The largest absolute Gasteiger partial charge is 0.497 e. The Labute approximate surface area is 135 Å². The summed E-state index contributed by atoms with van der Waals surface area (Å²) in [6.07, 6.45) is 1.03. The van der Waals surface area contributed by atoms with Crippen molar-refractivity contribution in [2.75, 3.05) is 20.2 Å². The predicted molar refractivity (Wildman–Crippen MR) is 90.0 cm³/mol. The molecule has 0 radical (unpaired) electrons. The van der Waals surface area contributed by atoms with Crippen molar-refractivity contribution in [3.8, 4) is 5.75 Å². The quantitative estimate of drug-likeness (QED) is 0.665. The van der Waals surface area contributed by atoms with Gasteiger partial charge in [0.15, 0.2) is 0 Å². The molecular weight excluding hydrogens is 318 g/mol. The summed E-state index contributed by atoms with van der Waals surface area (Å²) in [4.78, 5) is 14.9. The van der Waals surface area contributed by atoms with Crippen LogP contribution in [-0.2, 0) is 16.6 Å². The second kappa shape index (κ2) is 7.58. The maximum Gasteiger partial charge on any atom is 0.276 e. The highest BCUT2D eigenvalue weighted by Gasteiger charge is 2.09. The van der Waals surface area contributed by atoms with Crippen LogP contribution in [0.4, 0.5) is 0 Å². The molecule has 0 spiro atoms. The molecule has 0 unspecified atom stereocenters. The molecule has 2 rings (SSSR count). The zero-order valence-corrected chi connectivity index (χ0v) is 14.0. The lowest BCUT2D eigenvalue weighted by Crippen LogP contribution is -2.38. The van der Waals surface area contributed by atoms with Crippen molar-refractivity contribution in [2.45, 2.75) is 19.8 Å². The van der Waals surface area contributed by atoms with E-state index in [0.29, 0.717) is 36.2 Å². The van der Waals surface area contributed by atoms with Gasteiger partial charge >= 0.3 is 0 Å². The van der Waals surface area contributed by atoms with E-state index in [1.54, 1.807) is 19.2 Å². The summed E-state index contributed by atoms with van der Waals surface area (Å²) in [5, 5.41) is 0.868. The number of methoxy groups -OCH3 is 1. The van der Waals surface area contributed by atoms with Gasteiger partial charge in [0.1, 0.15) is 5.75 Å². The van der Waals surface area contributed by atoms with Crippen LogP contribution < -0.4 is 19.7 Å². The number of H-pyrrole nitrogens is 1. The third-order valence-electron chi connectivity index (χ3n) is 3.36. The van der Waals surface area contributed by atoms with Gasteiger partial charge < -0.3 is 9.72 Å². The maximum atomic E-state index is 12.1. The molecule has 0 saturated heterocycles. The van der Waals surface area contributed by atoms with Crippen molar-refractivity contribution in [3.63, 3.8) is 0 Å². The second-order valence-corrected chi connectivity index (χ2v) is 6.70. The molecule has 1 heterocycles.